The van der Waals surface area contributed by atoms with Gasteiger partial charge in [-0.2, -0.15) is 5.10 Å². The van der Waals surface area contributed by atoms with Gasteiger partial charge in [0.05, 0.1) is 24.8 Å². The normalized spacial score (nSPS) is 18.5. The molecule has 2 aliphatic rings. The molecule has 3 aromatic rings. The SMILES string of the molecule is O=C(c1ccc(-n2cccn2)nc1)N1CCC[C@H]1c1ccc2c(c1)OCCCO2. The van der Waals surface area contributed by atoms with E-state index < -0.39 is 0 Å². The van der Waals surface area contributed by atoms with Crippen LogP contribution in [0, 0.1) is 0 Å². The zero-order valence-corrected chi connectivity index (χ0v) is 16.0. The molecular formula is C22H22N4O3. The summed E-state index contributed by atoms with van der Waals surface area (Å²) < 4.78 is 13.2. The van der Waals surface area contributed by atoms with E-state index in [2.05, 4.69) is 10.1 Å². The first-order valence-corrected chi connectivity index (χ1v) is 9.96. The van der Waals surface area contributed by atoms with Gasteiger partial charge in [-0.15, -0.1) is 0 Å². The van der Waals surface area contributed by atoms with Gasteiger partial charge in [-0.3, -0.25) is 4.79 Å². The Kier molecular flexibility index (Phi) is 4.63. The second-order valence-electron chi connectivity index (χ2n) is 7.27. The minimum Gasteiger partial charge on any atom is -0.490 e. The van der Waals surface area contributed by atoms with Crippen LogP contribution in [-0.4, -0.2) is 45.3 Å². The quantitative estimate of drug-likeness (QED) is 0.686. The predicted molar refractivity (Wildman–Crippen MR) is 106 cm³/mol. The number of hydrogen-bond donors (Lipinski definition) is 0. The maximum Gasteiger partial charge on any atom is 0.255 e. The number of likely N-dealkylation sites (tertiary alicyclic amines) is 1. The first kappa shape index (κ1) is 17.7. The molecule has 4 heterocycles. The van der Waals surface area contributed by atoms with Crippen molar-refractivity contribution < 1.29 is 14.3 Å². The number of ether oxygens (including phenoxy) is 2. The molecule has 2 aromatic heterocycles. The molecule has 0 spiro atoms. The standard InChI is InChI=1S/C22H22N4O3/c27-22(17-6-8-21(23-15-17)26-11-2-9-24-26)25-10-1-4-18(25)16-5-7-19-20(14-16)29-13-3-12-28-19/h2,5-9,11,14-15,18H,1,3-4,10,12-13H2/t18-/m0/s1. The van der Waals surface area contributed by atoms with Crippen molar-refractivity contribution in [1.82, 2.24) is 19.7 Å². The third-order valence-corrected chi connectivity index (χ3v) is 5.40. The van der Waals surface area contributed by atoms with Crippen molar-refractivity contribution >= 4 is 5.91 Å². The smallest absolute Gasteiger partial charge is 0.255 e. The molecule has 148 valence electrons. The van der Waals surface area contributed by atoms with Gasteiger partial charge in [0.2, 0.25) is 0 Å². The van der Waals surface area contributed by atoms with E-state index in [9.17, 15) is 4.79 Å². The molecule has 1 aromatic carbocycles. The molecule has 5 rings (SSSR count). The van der Waals surface area contributed by atoms with Gasteiger partial charge < -0.3 is 14.4 Å². The largest absolute Gasteiger partial charge is 0.490 e. The Morgan fingerprint density at radius 1 is 1.07 bits per heavy atom. The monoisotopic (exact) mass is 390 g/mol. The van der Waals surface area contributed by atoms with E-state index in [-0.39, 0.29) is 11.9 Å². The fourth-order valence-electron chi connectivity index (χ4n) is 3.96. The van der Waals surface area contributed by atoms with Gasteiger partial charge in [0.25, 0.3) is 5.91 Å². The second-order valence-corrected chi connectivity index (χ2v) is 7.27. The minimum atomic E-state index is -0.000809. The molecular weight excluding hydrogens is 368 g/mol. The summed E-state index contributed by atoms with van der Waals surface area (Å²) in [5.41, 5.74) is 1.67. The number of hydrogen-bond acceptors (Lipinski definition) is 5. The van der Waals surface area contributed by atoms with Crippen LogP contribution in [0.2, 0.25) is 0 Å². The summed E-state index contributed by atoms with van der Waals surface area (Å²) in [4.78, 5) is 19.5. The van der Waals surface area contributed by atoms with Crippen molar-refractivity contribution in [3.63, 3.8) is 0 Å². The van der Waals surface area contributed by atoms with Crippen molar-refractivity contribution in [3.8, 4) is 17.3 Å². The Morgan fingerprint density at radius 2 is 1.97 bits per heavy atom. The van der Waals surface area contributed by atoms with Crippen molar-refractivity contribution in [2.45, 2.75) is 25.3 Å². The van der Waals surface area contributed by atoms with Crippen LogP contribution in [0.5, 0.6) is 11.5 Å². The molecule has 1 saturated heterocycles. The summed E-state index contributed by atoms with van der Waals surface area (Å²) in [6.45, 7) is 2.05. The molecule has 0 unspecified atom stereocenters. The summed E-state index contributed by atoms with van der Waals surface area (Å²) >= 11 is 0. The lowest BCUT2D eigenvalue weighted by atomic mass is 10.0. The van der Waals surface area contributed by atoms with Crippen LogP contribution in [0.15, 0.2) is 55.0 Å². The second kappa shape index (κ2) is 7.58. The zero-order chi connectivity index (χ0) is 19.6. The molecule has 0 saturated carbocycles. The Morgan fingerprint density at radius 3 is 2.76 bits per heavy atom. The fraction of sp³-hybridized carbons (Fsp3) is 0.318. The lowest BCUT2D eigenvalue weighted by Gasteiger charge is -2.25. The molecule has 0 radical (unpaired) electrons. The molecule has 1 fully saturated rings. The number of aromatic nitrogens is 3. The highest BCUT2D eigenvalue weighted by Gasteiger charge is 2.31. The summed E-state index contributed by atoms with van der Waals surface area (Å²) in [5, 5.41) is 4.17. The Bertz CT molecular complexity index is 1000. The van der Waals surface area contributed by atoms with Crippen molar-refractivity contribution in [2.24, 2.45) is 0 Å². The zero-order valence-electron chi connectivity index (χ0n) is 16.0. The van der Waals surface area contributed by atoms with E-state index >= 15 is 0 Å². The van der Waals surface area contributed by atoms with Crippen LogP contribution < -0.4 is 9.47 Å². The Hall–Kier alpha value is -3.35. The molecule has 0 N–H and O–H groups in total. The predicted octanol–water partition coefficient (Wildman–Crippen LogP) is 3.41. The van der Waals surface area contributed by atoms with E-state index in [0.29, 0.717) is 24.6 Å². The van der Waals surface area contributed by atoms with Crippen LogP contribution >= 0.6 is 0 Å². The molecule has 0 aliphatic carbocycles. The lowest BCUT2D eigenvalue weighted by molar-refractivity contribution is 0.0735. The molecule has 29 heavy (non-hydrogen) atoms. The molecule has 0 bridgehead atoms. The van der Waals surface area contributed by atoms with Crippen molar-refractivity contribution in [1.29, 1.82) is 0 Å². The van der Waals surface area contributed by atoms with Gasteiger partial charge in [0.1, 0.15) is 0 Å². The maximum atomic E-state index is 13.2. The van der Waals surface area contributed by atoms with Gasteiger partial charge in [0.15, 0.2) is 17.3 Å². The summed E-state index contributed by atoms with van der Waals surface area (Å²) in [6, 6.07) is 11.5. The number of benzene rings is 1. The van der Waals surface area contributed by atoms with E-state index in [1.165, 1.54) is 0 Å². The molecule has 7 heteroatoms. The Balaban J connectivity index is 1.38. The van der Waals surface area contributed by atoms with Gasteiger partial charge in [-0.1, -0.05) is 6.07 Å². The van der Waals surface area contributed by atoms with Gasteiger partial charge in [0, 0.05) is 31.6 Å². The average Bonchev–Trinajstić information content (AvgIpc) is 3.42. The summed E-state index contributed by atoms with van der Waals surface area (Å²) in [6.07, 6.45) is 7.94. The number of nitrogens with zero attached hydrogens (tertiary/aromatic N) is 4. The molecule has 7 nitrogen and oxygen atoms in total. The van der Waals surface area contributed by atoms with Crippen LogP contribution in [0.25, 0.3) is 5.82 Å². The molecule has 1 atom stereocenters. The number of carbonyl (C=O) groups excluding carboxylic acids is 1. The molecule has 2 aliphatic heterocycles. The van der Waals surface area contributed by atoms with Crippen LogP contribution in [0.4, 0.5) is 0 Å². The minimum absolute atomic E-state index is 0.000809. The highest BCUT2D eigenvalue weighted by molar-refractivity contribution is 5.94. The highest BCUT2D eigenvalue weighted by atomic mass is 16.5. The van der Waals surface area contributed by atoms with E-state index in [1.54, 1.807) is 17.1 Å². The number of rotatable bonds is 3. The van der Waals surface area contributed by atoms with E-state index in [0.717, 1.165) is 42.9 Å². The van der Waals surface area contributed by atoms with Crippen molar-refractivity contribution in [3.05, 3.63) is 66.1 Å². The lowest BCUT2D eigenvalue weighted by Crippen LogP contribution is -2.30. The van der Waals surface area contributed by atoms with Gasteiger partial charge >= 0.3 is 0 Å². The third kappa shape index (κ3) is 3.44. The average molecular weight is 390 g/mol. The first-order valence-electron chi connectivity index (χ1n) is 9.96. The van der Waals surface area contributed by atoms with Crippen LogP contribution in [0.1, 0.15) is 41.2 Å². The highest BCUT2D eigenvalue weighted by Crippen LogP contribution is 2.38. The Labute approximate surface area is 168 Å². The number of carbonyl (C=O) groups is 1. The van der Waals surface area contributed by atoms with E-state index in [4.69, 9.17) is 9.47 Å². The van der Waals surface area contributed by atoms with E-state index in [1.807, 2.05) is 47.5 Å². The van der Waals surface area contributed by atoms with Gasteiger partial charge in [-0.25, -0.2) is 9.67 Å². The first-order chi connectivity index (χ1) is 14.3. The summed E-state index contributed by atoms with van der Waals surface area (Å²) in [5.74, 6) is 2.23. The molecule has 1 amide bonds. The van der Waals surface area contributed by atoms with Crippen molar-refractivity contribution in [2.75, 3.05) is 19.8 Å². The number of fused-ring (bicyclic) bond motifs is 1. The third-order valence-electron chi connectivity index (χ3n) is 5.40. The fourth-order valence-corrected chi connectivity index (χ4v) is 3.96. The number of amides is 1. The van der Waals surface area contributed by atoms with Gasteiger partial charge in [-0.05, 0) is 48.7 Å². The maximum absolute atomic E-state index is 13.2. The van der Waals surface area contributed by atoms with Crippen LogP contribution in [0.3, 0.4) is 0 Å². The van der Waals surface area contributed by atoms with Crippen LogP contribution in [-0.2, 0) is 0 Å². The number of pyridine rings is 1. The topological polar surface area (TPSA) is 69.5 Å². The summed E-state index contributed by atoms with van der Waals surface area (Å²) in [7, 11) is 0.